The lowest BCUT2D eigenvalue weighted by Gasteiger charge is -2.06. The van der Waals surface area contributed by atoms with Crippen LogP contribution in [0.3, 0.4) is 0 Å². The number of benzene rings is 1. The lowest BCUT2D eigenvalue weighted by atomic mass is 10.3. The summed E-state index contributed by atoms with van der Waals surface area (Å²) < 4.78 is 16.7. The average molecular weight is 291 g/mol. The van der Waals surface area contributed by atoms with Crippen molar-refractivity contribution in [2.45, 2.75) is 4.90 Å². The Morgan fingerprint density at radius 3 is 2.89 bits per heavy atom. The molecule has 0 aliphatic carbocycles. The van der Waals surface area contributed by atoms with Gasteiger partial charge in [-0.2, -0.15) is 0 Å². The second-order valence-electron chi connectivity index (χ2n) is 3.52. The molecule has 7 heteroatoms. The van der Waals surface area contributed by atoms with E-state index in [1.54, 1.807) is 19.2 Å². The molecule has 1 aromatic carbocycles. The maximum Gasteiger partial charge on any atom is 0.233 e. The number of halogens is 1. The maximum absolute atomic E-state index is 11.9. The van der Waals surface area contributed by atoms with Gasteiger partial charge in [-0.25, -0.2) is 0 Å². The number of nitrogens with one attached hydrogen (secondary N) is 1. The molecule has 1 unspecified atom stereocenters. The highest BCUT2D eigenvalue weighted by molar-refractivity contribution is 7.85. The van der Waals surface area contributed by atoms with E-state index in [1.165, 1.54) is 6.07 Å². The van der Waals surface area contributed by atoms with Crippen LogP contribution in [0.5, 0.6) is 0 Å². The number of carbonyl (C=O) groups excluding carboxylic acids is 1. The minimum atomic E-state index is -1.48. The largest absolute Gasteiger partial charge is 0.399 e. The molecule has 0 saturated carbocycles. The van der Waals surface area contributed by atoms with Crippen molar-refractivity contribution in [1.29, 1.82) is 0 Å². The first-order valence-corrected chi connectivity index (χ1v) is 6.93. The summed E-state index contributed by atoms with van der Waals surface area (Å²) in [6.45, 7) is 0.809. The number of hydrogen-bond donors (Lipinski definition) is 2. The number of hydrogen-bond acceptors (Lipinski definition) is 4. The Hall–Kier alpha value is -1.11. The molecule has 0 heterocycles. The summed E-state index contributed by atoms with van der Waals surface area (Å²) in [6.07, 6.45) is 0. The normalized spacial score (nSPS) is 12.1. The number of methoxy groups -OCH3 is 1. The summed E-state index contributed by atoms with van der Waals surface area (Å²) in [5.74, 6) is -0.439. The predicted molar refractivity (Wildman–Crippen MR) is 72.0 cm³/mol. The van der Waals surface area contributed by atoms with Gasteiger partial charge in [-0.15, -0.1) is 0 Å². The van der Waals surface area contributed by atoms with Crippen LogP contribution in [0.4, 0.5) is 5.69 Å². The SMILES string of the molecule is COCCNC(=O)CS(=O)c1ccc(N)cc1Cl. The minimum absolute atomic E-state index is 0.132. The van der Waals surface area contributed by atoms with E-state index >= 15 is 0 Å². The molecule has 1 amide bonds. The molecule has 0 spiro atoms. The van der Waals surface area contributed by atoms with Gasteiger partial charge in [0.1, 0.15) is 5.75 Å². The van der Waals surface area contributed by atoms with Gasteiger partial charge in [-0.1, -0.05) is 11.6 Å². The molecule has 0 fully saturated rings. The number of anilines is 1. The Labute approximate surface area is 113 Å². The Kier molecular flexibility index (Phi) is 6.11. The van der Waals surface area contributed by atoms with Crippen LogP contribution in [0.25, 0.3) is 0 Å². The number of nitrogen functional groups attached to an aromatic ring is 1. The van der Waals surface area contributed by atoms with E-state index in [0.29, 0.717) is 28.8 Å². The second kappa shape index (κ2) is 7.35. The third-order valence-corrected chi connectivity index (χ3v) is 3.89. The highest BCUT2D eigenvalue weighted by Crippen LogP contribution is 2.22. The molecule has 0 radical (unpaired) electrons. The number of rotatable bonds is 6. The molecule has 1 aromatic rings. The van der Waals surface area contributed by atoms with Gasteiger partial charge in [-0.05, 0) is 18.2 Å². The van der Waals surface area contributed by atoms with Crippen molar-refractivity contribution >= 4 is 34.0 Å². The number of amides is 1. The van der Waals surface area contributed by atoms with Crippen LogP contribution in [0.2, 0.25) is 5.02 Å². The topological polar surface area (TPSA) is 81.4 Å². The fraction of sp³-hybridized carbons (Fsp3) is 0.364. The van der Waals surface area contributed by atoms with Crippen LogP contribution in [-0.4, -0.2) is 36.1 Å². The van der Waals surface area contributed by atoms with Crippen molar-refractivity contribution < 1.29 is 13.7 Å². The molecular formula is C11H15ClN2O3S. The third kappa shape index (κ3) is 4.64. The lowest BCUT2D eigenvalue weighted by molar-refractivity contribution is -0.118. The number of nitrogens with two attached hydrogens (primary N) is 1. The zero-order chi connectivity index (χ0) is 13.5. The fourth-order valence-corrected chi connectivity index (χ4v) is 2.68. The van der Waals surface area contributed by atoms with Gasteiger partial charge < -0.3 is 15.8 Å². The maximum atomic E-state index is 11.9. The monoisotopic (exact) mass is 290 g/mol. The molecule has 0 aliphatic heterocycles. The van der Waals surface area contributed by atoms with Crippen molar-refractivity contribution in [3.8, 4) is 0 Å². The van der Waals surface area contributed by atoms with Crippen LogP contribution >= 0.6 is 11.6 Å². The Morgan fingerprint density at radius 2 is 2.28 bits per heavy atom. The standard InChI is InChI=1S/C11H15ClN2O3S/c1-17-5-4-14-11(15)7-18(16)10-3-2-8(13)6-9(10)12/h2-3,6H,4-5,7,13H2,1H3,(H,14,15). The zero-order valence-electron chi connectivity index (χ0n) is 9.94. The van der Waals surface area contributed by atoms with Gasteiger partial charge >= 0.3 is 0 Å². The molecule has 0 aromatic heterocycles. The van der Waals surface area contributed by atoms with E-state index in [4.69, 9.17) is 22.1 Å². The molecule has 0 aliphatic rings. The quantitative estimate of drug-likeness (QED) is 0.599. The van der Waals surface area contributed by atoms with Crippen LogP contribution in [0, 0.1) is 0 Å². The molecule has 3 N–H and O–H groups in total. The van der Waals surface area contributed by atoms with E-state index < -0.39 is 10.8 Å². The van der Waals surface area contributed by atoms with Crippen molar-refractivity contribution in [2.75, 3.05) is 31.7 Å². The average Bonchev–Trinajstić information content (AvgIpc) is 2.28. The van der Waals surface area contributed by atoms with Crippen LogP contribution in [-0.2, 0) is 20.3 Å². The highest BCUT2D eigenvalue weighted by atomic mass is 35.5. The molecule has 0 bridgehead atoms. The van der Waals surface area contributed by atoms with Gasteiger partial charge in [0, 0.05) is 19.3 Å². The summed E-state index contributed by atoms with van der Waals surface area (Å²) in [4.78, 5) is 11.9. The van der Waals surface area contributed by atoms with Crippen LogP contribution in [0.1, 0.15) is 0 Å². The molecule has 5 nitrogen and oxygen atoms in total. The first kappa shape index (κ1) is 14.9. The molecule has 0 saturated heterocycles. The highest BCUT2D eigenvalue weighted by Gasteiger charge is 2.13. The van der Waals surface area contributed by atoms with Crippen molar-refractivity contribution in [3.05, 3.63) is 23.2 Å². The summed E-state index contributed by atoms with van der Waals surface area (Å²) in [6, 6.07) is 4.68. The molecule has 1 atom stereocenters. The van der Waals surface area contributed by atoms with E-state index in [9.17, 15) is 9.00 Å². The molecule has 18 heavy (non-hydrogen) atoms. The summed E-state index contributed by atoms with van der Waals surface area (Å²) in [7, 11) is 0.0610. The molecular weight excluding hydrogens is 276 g/mol. The Balaban J connectivity index is 2.57. The summed E-state index contributed by atoms with van der Waals surface area (Å²) in [5.41, 5.74) is 6.02. The van der Waals surface area contributed by atoms with Gasteiger partial charge in [0.25, 0.3) is 0 Å². The molecule has 1 rings (SSSR count). The Morgan fingerprint density at radius 1 is 1.56 bits per heavy atom. The van der Waals surface area contributed by atoms with Crippen LogP contribution in [0.15, 0.2) is 23.1 Å². The van der Waals surface area contributed by atoms with E-state index in [-0.39, 0.29) is 11.7 Å². The predicted octanol–water partition coefficient (Wildman–Crippen LogP) is 0.792. The van der Waals surface area contributed by atoms with Crippen molar-refractivity contribution in [1.82, 2.24) is 5.32 Å². The second-order valence-corrected chi connectivity index (χ2v) is 5.35. The fourth-order valence-electron chi connectivity index (χ4n) is 1.24. The van der Waals surface area contributed by atoms with Gasteiger partial charge in [0.05, 0.1) is 27.3 Å². The van der Waals surface area contributed by atoms with Gasteiger partial charge in [-0.3, -0.25) is 9.00 Å². The van der Waals surface area contributed by atoms with Crippen molar-refractivity contribution in [2.24, 2.45) is 0 Å². The summed E-state index contributed by atoms with van der Waals surface area (Å²) >= 11 is 5.91. The lowest BCUT2D eigenvalue weighted by Crippen LogP contribution is -2.31. The van der Waals surface area contributed by atoms with Gasteiger partial charge in [0.2, 0.25) is 5.91 Å². The van der Waals surface area contributed by atoms with Crippen molar-refractivity contribution in [3.63, 3.8) is 0 Å². The van der Waals surface area contributed by atoms with E-state index in [0.717, 1.165) is 0 Å². The third-order valence-electron chi connectivity index (χ3n) is 2.09. The number of ether oxygens (including phenoxy) is 1. The summed E-state index contributed by atoms with van der Waals surface area (Å²) in [5, 5.41) is 2.89. The van der Waals surface area contributed by atoms with Gasteiger partial charge in [0.15, 0.2) is 0 Å². The van der Waals surface area contributed by atoms with Crippen LogP contribution < -0.4 is 11.1 Å². The number of carbonyl (C=O) groups is 1. The Bertz CT molecular complexity index is 454. The minimum Gasteiger partial charge on any atom is -0.399 e. The molecule has 100 valence electrons. The first-order chi connectivity index (χ1) is 8.54. The van der Waals surface area contributed by atoms with E-state index in [2.05, 4.69) is 5.32 Å². The zero-order valence-corrected chi connectivity index (χ0v) is 11.5. The first-order valence-electron chi connectivity index (χ1n) is 5.23. The van der Waals surface area contributed by atoms with E-state index in [1.807, 2.05) is 0 Å². The smallest absolute Gasteiger partial charge is 0.233 e.